The van der Waals surface area contributed by atoms with Gasteiger partial charge in [0.2, 0.25) is 0 Å². The molecule has 0 saturated heterocycles. The van der Waals surface area contributed by atoms with Crippen molar-refractivity contribution >= 4 is 11.7 Å². The second-order valence-corrected chi connectivity index (χ2v) is 5.87. The molecule has 0 unspecified atom stereocenters. The van der Waals surface area contributed by atoms with Gasteiger partial charge in [0.15, 0.2) is 5.82 Å². The van der Waals surface area contributed by atoms with Crippen molar-refractivity contribution in [1.29, 1.82) is 0 Å². The summed E-state index contributed by atoms with van der Waals surface area (Å²) in [5.41, 5.74) is -0.684. The minimum atomic E-state index is -4.51. The molecule has 0 atom stereocenters. The second kappa shape index (κ2) is 7.34. The summed E-state index contributed by atoms with van der Waals surface area (Å²) >= 11 is 0. The van der Waals surface area contributed by atoms with Crippen LogP contribution in [0.4, 0.5) is 27.8 Å². The summed E-state index contributed by atoms with van der Waals surface area (Å²) in [6.45, 7) is 1.62. The Balaban J connectivity index is 1.86. The number of benzene rings is 2. The van der Waals surface area contributed by atoms with Gasteiger partial charge < -0.3 is 5.32 Å². The summed E-state index contributed by atoms with van der Waals surface area (Å²) in [5.74, 6) is -3.25. The van der Waals surface area contributed by atoms with Gasteiger partial charge in [0.05, 0.1) is 23.7 Å². The van der Waals surface area contributed by atoms with E-state index in [-0.39, 0.29) is 17.1 Å². The Morgan fingerprint density at radius 2 is 1.68 bits per heavy atom. The molecule has 4 nitrogen and oxygen atoms in total. The van der Waals surface area contributed by atoms with E-state index in [2.05, 4.69) is 15.3 Å². The number of carbonyl (C=O) groups excluding carboxylic acids is 1. The van der Waals surface area contributed by atoms with Gasteiger partial charge in [-0.15, -0.1) is 0 Å². The van der Waals surface area contributed by atoms with Crippen molar-refractivity contribution in [2.75, 3.05) is 5.32 Å². The zero-order chi connectivity index (χ0) is 20.5. The molecule has 0 aliphatic carbocycles. The number of aromatic nitrogens is 2. The molecule has 1 heterocycles. The SMILES string of the molecule is Cc1ccc(C(F)(F)F)cc1-c1cnc(NC(=O)c2c(F)cccc2F)cn1. The summed E-state index contributed by atoms with van der Waals surface area (Å²) in [7, 11) is 0. The molecule has 3 rings (SSSR count). The Morgan fingerprint density at radius 1 is 1.00 bits per heavy atom. The smallest absolute Gasteiger partial charge is 0.305 e. The fourth-order valence-electron chi connectivity index (χ4n) is 2.50. The van der Waals surface area contributed by atoms with Crippen LogP contribution < -0.4 is 5.32 Å². The molecule has 0 aliphatic heterocycles. The summed E-state index contributed by atoms with van der Waals surface area (Å²) in [6.07, 6.45) is -2.25. The quantitative estimate of drug-likeness (QED) is 0.637. The first-order valence-corrected chi connectivity index (χ1v) is 7.92. The van der Waals surface area contributed by atoms with Crippen LogP contribution in [0.2, 0.25) is 0 Å². The minimum absolute atomic E-state index is 0.110. The van der Waals surface area contributed by atoms with E-state index in [0.717, 1.165) is 42.7 Å². The first-order valence-electron chi connectivity index (χ1n) is 7.92. The van der Waals surface area contributed by atoms with E-state index in [1.807, 2.05) is 0 Å². The maximum atomic E-state index is 13.6. The van der Waals surface area contributed by atoms with Crippen LogP contribution in [0.1, 0.15) is 21.5 Å². The largest absolute Gasteiger partial charge is 0.416 e. The molecule has 9 heteroatoms. The van der Waals surface area contributed by atoms with E-state index in [1.54, 1.807) is 6.92 Å². The van der Waals surface area contributed by atoms with Crippen molar-refractivity contribution < 1.29 is 26.7 Å². The van der Waals surface area contributed by atoms with Gasteiger partial charge in [0.1, 0.15) is 17.2 Å². The number of alkyl halides is 3. The van der Waals surface area contributed by atoms with Crippen molar-refractivity contribution in [3.63, 3.8) is 0 Å². The molecule has 0 radical (unpaired) electrons. The molecule has 0 bridgehead atoms. The number of hydrogen-bond acceptors (Lipinski definition) is 3. The summed E-state index contributed by atoms with van der Waals surface area (Å²) in [4.78, 5) is 19.9. The predicted molar refractivity (Wildman–Crippen MR) is 91.5 cm³/mol. The summed E-state index contributed by atoms with van der Waals surface area (Å²) < 4.78 is 66.0. The molecule has 0 saturated carbocycles. The normalized spacial score (nSPS) is 11.4. The Labute approximate surface area is 156 Å². The highest BCUT2D eigenvalue weighted by Crippen LogP contribution is 2.33. The number of carbonyl (C=O) groups is 1. The maximum absolute atomic E-state index is 13.6. The van der Waals surface area contributed by atoms with Gasteiger partial charge in [0, 0.05) is 5.56 Å². The molecule has 0 aliphatic rings. The molecule has 1 N–H and O–H groups in total. The third-order valence-electron chi connectivity index (χ3n) is 3.92. The Morgan fingerprint density at radius 3 is 2.25 bits per heavy atom. The second-order valence-electron chi connectivity index (χ2n) is 5.87. The van der Waals surface area contributed by atoms with Crippen molar-refractivity contribution in [1.82, 2.24) is 9.97 Å². The van der Waals surface area contributed by atoms with Gasteiger partial charge in [0.25, 0.3) is 5.91 Å². The third kappa shape index (κ3) is 3.98. The monoisotopic (exact) mass is 393 g/mol. The lowest BCUT2D eigenvalue weighted by molar-refractivity contribution is -0.137. The van der Waals surface area contributed by atoms with Crippen molar-refractivity contribution in [3.8, 4) is 11.3 Å². The van der Waals surface area contributed by atoms with E-state index in [9.17, 15) is 26.7 Å². The van der Waals surface area contributed by atoms with Gasteiger partial charge in [-0.25, -0.2) is 13.8 Å². The standard InChI is InChI=1S/C19H12F5N3O/c1-10-5-6-11(19(22,23)24)7-12(10)15-8-26-16(9-25-15)27-18(28)17-13(20)3-2-4-14(17)21/h2-9H,1H3,(H,26,27,28). The van der Waals surface area contributed by atoms with Gasteiger partial charge in [-0.1, -0.05) is 12.1 Å². The number of nitrogens with zero attached hydrogens (tertiary/aromatic N) is 2. The van der Waals surface area contributed by atoms with Gasteiger partial charge in [-0.05, 0) is 36.8 Å². The summed E-state index contributed by atoms with van der Waals surface area (Å²) in [6, 6.07) is 6.21. The first kappa shape index (κ1) is 19.4. The van der Waals surface area contributed by atoms with Crippen LogP contribution in [0.5, 0.6) is 0 Å². The number of anilines is 1. The molecule has 0 fully saturated rings. The fourth-order valence-corrected chi connectivity index (χ4v) is 2.50. The lowest BCUT2D eigenvalue weighted by Crippen LogP contribution is -2.16. The van der Waals surface area contributed by atoms with Crippen LogP contribution in [-0.2, 0) is 6.18 Å². The number of rotatable bonds is 3. The lowest BCUT2D eigenvalue weighted by Gasteiger charge is -2.11. The van der Waals surface area contributed by atoms with Crippen LogP contribution in [0.15, 0.2) is 48.8 Å². The topological polar surface area (TPSA) is 54.9 Å². The number of hydrogen-bond donors (Lipinski definition) is 1. The third-order valence-corrected chi connectivity index (χ3v) is 3.92. The highest BCUT2D eigenvalue weighted by Gasteiger charge is 2.31. The van der Waals surface area contributed by atoms with Crippen LogP contribution in [0, 0.1) is 18.6 Å². The number of aryl methyl sites for hydroxylation is 1. The van der Waals surface area contributed by atoms with E-state index in [0.29, 0.717) is 5.56 Å². The summed E-state index contributed by atoms with van der Waals surface area (Å²) in [5, 5.41) is 2.20. The first-order chi connectivity index (χ1) is 13.2. The van der Waals surface area contributed by atoms with Crippen molar-refractivity contribution in [2.45, 2.75) is 13.1 Å². The van der Waals surface area contributed by atoms with Crippen LogP contribution >= 0.6 is 0 Å². The molecule has 0 spiro atoms. The van der Waals surface area contributed by atoms with Gasteiger partial charge in [-0.2, -0.15) is 13.2 Å². The van der Waals surface area contributed by atoms with Crippen LogP contribution in [0.25, 0.3) is 11.3 Å². The number of amides is 1. The molecule has 1 aromatic heterocycles. The highest BCUT2D eigenvalue weighted by atomic mass is 19.4. The fraction of sp³-hybridized carbons (Fsp3) is 0.105. The Hall–Kier alpha value is -3.36. The van der Waals surface area contributed by atoms with E-state index >= 15 is 0 Å². The van der Waals surface area contributed by atoms with Gasteiger partial charge >= 0.3 is 6.18 Å². The number of halogens is 5. The predicted octanol–water partition coefficient (Wildman–Crippen LogP) is 5.00. The highest BCUT2D eigenvalue weighted by molar-refractivity contribution is 6.04. The average molecular weight is 393 g/mol. The molecule has 28 heavy (non-hydrogen) atoms. The zero-order valence-corrected chi connectivity index (χ0v) is 14.3. The van der Waals surface area contributed by atoms with Crippen molar-refractivity contribution in [3.05, 3.63) is 77.1 Å². The molecule has 1 amide bonds. The maximum Gasteiger partial charge on any atom is 0.416 e. The zero-order valence-electron chi connectivity index (χ0n) is 14.3. The molecule has 144 valence electrons. The average Bonchev–Trinajstić information content (AvgIpc) is 2.62. The Kier molecular flexibility index (Phi) is 5.08. The molecule has 2 aromatic carbocycles. The van der Waals surface area contributed by atoms with Gasteiger partial charge in [-0.3, -0.25) is 9.78 Å². The minimum Gasteiger partial charge on any atom is -0.305 e. The lowest BCUT2D eigenvalue weighted by atomic mass is 10.0. The van der Waals surface area contributed by atoms with E-state index < -0.39 is 34.8 Å². The van der Waals surface area contributed by atoms with E-state index in [1.165, 1.54) is 6.07 Å². The molecular formula is C19H12F5N3O. The van der Waals surface area contributed by atoms with Crippen molar-refractivity contribution in [2.24, 2.45) is 0 Å². The molecular weight excluding hydrogens is 381 g/mol. The molecule has 3 aromatic rings. The van der Waals surface area contributed by atoms with Crippen LogP contribution in [-0.4, -0.2) is 15.9 Å². The van der Waals surface area contributed by atoms with Crippen LogP contribution in [0.3, 0.4) is 0 Å². The number of nitrogens with one attached hydrogen (secondary N) is 1. The Bertz CT molecular complexity index is 1010. The van der Waals surface area contributed by atoms with E-state index in [4.69, 9.17) is 0 Å².